The van der Waals surface area contributed by atoms with E-state index in [0.29, 0.717) is 6.42 Å². The van der Waals surface area contributed by atoms with E-state index < -0.39 is 0 Å². The van der Waals surface area contributed by atoms with Crippen LogP contribution in [0.25, 0.3) is 0 Å². The third-order valence-electron chi connectivity index (χ3n) is 3.09. The summed E-state index contributed by atoms with van der Waals surface area (Å²) >= 11 is 0. The van der Waals surface area contributed by atoms with Gasteiger partial charge in [0.05, 0.1) is 20.1 Å². The van der Waals surface area contributed by atoms with Gasteiger partial charge in [-0.15, -0.1) is 0 Å². The van der Waals surface area contributed by atoms with Gasteiger partial charge >= 0.3 is 5.97 Å². The fraction of sp³-hybridized carbons (Fsp3) is 0.636. The zero-order valence-corrected chi connectivity index (χ0v) is 9.72. The summed E-state index contributed by atoms with van der Waals surface area (Å²) < 4.78 is 6.83. The molecule has 0 saturated heterocycles. The van der Waals surface area contributed by atoms with Crippen molar-refractivity contribution in [1.29, 1.82) is 0 Å². The summed E-state index contributed by atoms with van der Waals surface area (Å²) in [5.41, 5.74) is 0. The van der Waals surface area contributed by atoms with Gasteiger partial charge in [-0.1, -0.05) is 0 Å². The number of rotatable bonds is 3. The van der Waals surface area contributed by atoms with Crippen LogP contribution in [0, 0.1) is 0 Å². The molecule has 16 heavy (non-hydrogen) atoms. The summed E-state index contributed by atoms with van der Waals surface area (Å²) in [5.74, 6) is 0.921. The van der Waals surface area contributed by atoms with Gasteiger partial charge in [0, 0.05) is 31.5 Å². The predicted octanol–water partition coefficient (Wildman–Crippen LogP) is 0.650. The van der Waals surface area contributed by atoms with Crippen LogP contribution >= 0.6 is 0 Å². The third-order valence-corrected chi connectivity index (χ3v) is 3.09. The van der Waals surface area contributed by atoms with Crippen LogP contribution in [0.2, 0.25) is 0 Å². The largest absolute Gasteiger partial charge is 0.469 e. The van der Waals surface area contributed by atoms with E-state index in [0.717, 1.165) is 25.5 Å². The smallest absolute Gasteiger partial charge is 0.307 e. The van der Waals surface area contributed by atoms with E-state index >= 15 is 0 Å². The van der Waals surface area contributed by atoms with Gasteiger partial charge in [-0.2, -0.15) is 0 Å². The van der Waals surface area contributed by atoms with Gasteiger partial charge in [-0.25, -0.2) is 4.98 Å². The van der Waals surface area contributed by atoms with Crippen molar-refractivity contribution in [3.05, 3.63) is 18.2 Å². The number of imidazole rings is 1. The zero-order valence-electron chi connectivity index (χ0n) is 9.72. The molecule has 0 bridgehead atoms. The maximum absolute atomic E-state index is 11.2. The van der Waals surface area contributed by atoms with Gasteiger partial charge in [0.25, 0.3) is 0 Å². The van der Waals surface area contributed by atoms with Gasteiger partial charge in [0.1, 0.15) is 5.82 Å². The summed E-state index contributed by atoms with van der Waals surface area (Å²) in [4.78, 5) is 17.7. The van der Waals surface area contributed by atoms with Crippen LogP contribution in [0.4, 0.5) is 0 Å². The van der Waals surface area contributed by atoms with E-state index in [1.54, 1.807) is 0 Å². The normalized spacial score (nSPS) is 17.9. The molecule has 1 atom stereocenters. The molecule has 1 aromatic rings. The average Bonchev–Trinajstić information content (AvgIpc) is 2.75. The first-order valence-corrected chi connectivity index (χ1v) is 5.51. The van der Waals surface area contributed by atoms with Crippen LogP contribution in [0.3, 0.4) is 0 Å². The molecule has 0 radical (unpaired) electrons. The maximum Gasteiger partial charge on any atom is 0.307 e. The van der Waals surface area contributed by atoms with E-state index in [2.05, 4.69) is 26.1 Å². The summed E-state index contributed by atoms with van der Waals surface area (Å²) in [6, 6.07) is 0.206. The van der Waals surface area contributed by atoms with Crippen molar-refractivity contribution in [1.82, 2.24) is 14.5 Å². The molecule has 0 saturated carbocycles. The molecule has 0 N–H and O–H groups in total. The van der Waals surface area contributed by atoms with Crippen molar-refractivity contribution in [2.45, 2.75) is 32.5 Å². The van der Waals surface area contributed by atoms with Crippen LogP contribution in [-0.4, -0.2) is 40.1 Å². The number of hydrogen-bond acceptors (Lipinski definition) is 4. The quantitative estimate of drug-likeness (QED) is 0.706. The molecular formula is C11H17N3O2. The number of aromatic nitrogens is 2. The molecule has 1 aliphatic rings. The zero-order chi connectivity index (χ0) is 11.5. The lowest BCUT2D eigenvalue weighted by molar-refractivity contribution is -0.142. The highest BCUT2D eigenvalue weighted by Gasteiger charge is 2.22. The molecule has 1 aromatic heterocycles. The Morgan fingerprint density at radius 3 is 3.19 bits per heavy atom. The number of nitrogens with zero attached hydrogens (tertiary/aromatic N) is 3. The Labute approximate surface area is 95.0 Å². The van der Waals surface area contributed by atoms with Gasteiger partial charge < -0.3 is 9.30 Å². The van der Waals surface area contributed by atoms with Crippen LogP contribution in [0.1, 0.15) is 19.2 Å². The molecule has 0 spiro atoms. The van der Waals surface area contributed by atoms with E-state index in [9.17, 15) is 4.79 Å². The van der Waals surface area contributed by atoms with Crippen LogP contribution in [-0.2, 0) is 22.6 Å². The molecule has 1 unspecified atom stereocenters. The second-order valence-electron chi connectivity index (χ2n) is 4.14. The van der Waals surface area contributed by atoms with Crippen molar-refractivity contribution in [3.8, 4) is 0 Å². The Morgan fingerprint density at radius 2 is 2.44 bits per heavy atom. The molecule has 2 rings (SSSR count). The first-order chi connectivity index (χ1) is 7.70. The molecule has 88 valence electrons. The van der Waals surface area contributed by atoms with E-state index in [4.69, 9.17) is 0 Å². The topological polar surface area (TPSA) is 47.4 Å². The lowest BCUT2D eigenvalue weighted by Crippen LogP contribution is -2.40. The number of methoxy groups -OCH3 is 1. The minimum absolute atomic E-state index is 0.151. The third kappa shape index (κ3) is 2.24. The van der Waals surface area contributed by atoms with Crippen LogP contribution < -0.4 is 0 Å². The number of esters is 1. The van der Waals surface area contributed by atoms with Crippen molar-refractivity contribution >= 4 is 5.97 Å². The van der Waals surface area contributed by atoms with Crippen molar-refractivity contribution < 1.29 is 9.53 Å². The number of carbonyl (C=O) groups excluding carboxylic acids is 1. The fourth-order valence-electron chi connectivity index (χ4n) is 2.02. The van der Waals surface area contributed by atoms with Gasteiger partial charge in [0.15, 0.2) is 0 Å². The monoisotopic (exact) mass is 223 g/mol. The summed E-state index contributed by atoms with van der Waals surface area (Å²) in [5, 5.41) is 0. The van der Waals surface area contributed by atoms with Crippen LogP contribution in [0.5, 0.6) is 0 Å². The highest BCUT2D eigenvalue weighted by atomic mass is 16.5. The molecule has 5 nitrogen and oxygen atoms in total. The first kappa shape index (κ1) is 11.1. The Hall–Kier alpha value is -1.36. The van der Waals surface area contributed by atoms with Gasteiger partial charge in [0.2, 0.25) is 0 Å². The molecular weight excluding hydrogens is 206 g/mol. The summed E-state index contributed by atoms with van der Waals surface area (Å²) in [6.45, 7) is 4.77. The lowest BCUT2D eigenvalue weighted by Gasteiger charge is -2.32. The number of fused-ring (bicyclic) bond motifs is 1. The van der Waals surface area contributed by atoms with E-state index in [-0.39, 0.29) is 12.0 Å². The minimum atomic E-state index is -0.151. The van der Waals surface area contributed by atoms with E-state index in [1.165, 1.54) is 7.11 Å². The highest BCUT2D eigenvalue weighted by molar-refractivity contribution is 5.69. The Bertz CT molecular complexity index is 375. The fourth-order valence-corrected chi connectivity index (χ4v) is 2.02. The standard InChI is InChI=1S/C11H17N3O2/c1-9(7-11(15)16-2)14-6-5-13-4-3-12-10(13)8-14/h3-4,9H,5-8H2,1-2H3. The molecule has 2 heterocycles. The lowest BCUT2D eigenvalue weighted by atomic mass is 10.2. The Kier molecular flexibility index (Phi) is 3.24. The molecule has 5 heteroatoms. The van der Waals surface area contributed by atoms with Crippen molar-refractivity contribution in [2.75, 3.05) is 13.7 Å². The van der Waals surface area contributed by atoms with Gasteiger partial charge in [-0.3, -0.25) is 9.69 Å². The van der Waals surface area contributed by atoms with E-state index in [1.807, 2.05) is 12.4 Å². The molecule has 0 aliphatic carbocycles. The molecule has 0 fully saturated rings. The molecule has 1 aliphatic heterocycles. The average molecular weight is 223 g/mol. The first-order valence-electron chi connectivity index (χ1n) is 5.51. The maximum atomic E-state index is 11.2. The summed E-state index contributed by atoms with van der Waals surface area (Å²) in [7, 11) is 1.43. The second kappa shape index (κ2) is 4.65. The Morgan fingerprint density at radius 1 is 1.62 bits per heavy atom. The second-order valence-corrected chi connectivity index (χ2v) is 4.14. The molecule has 0 aromatic carbocycles. The Balaban J connectivity index is 1.95. The SMILES string of the molecule is COC(=O)CC(C)N1CCn2ccnc2C1. The predicted molar refractivity (Wildman–Crippen MR) is 58.7 cm³/mol. The van der Waals surface area contributed by atoms with Crippen molar-refractivity contribution in [2.24, 2.45) is 0 Å². The number of carbonyl (C=O) groups is 1. The minimum Gasteiger partial charge on any atom is -0.469 e. The van der Waals surface area contributed by atoms with Gasteiger partial charge in [-0.05, 0) is 6.92 Å². The molecule has 0 amide bonds. The highest BCUT2D eigenvalue weighted by Crippen LogP contribution is 2.15. The van der Waals surface area contributed by atoms with Crippen molar-refractivity contribution in [3.63, 3.8) is 0 Å². The number of hydrogen-bond donors (Lipinski definition) is 0. The van der Waals surface area contributed by atoms with Crippen LogP contribution in [0.15, 0.2) is 12.4 Å². The summed E-state index contributed by atoms with van der Waals surface area (Å²) in [6.07, 6.45) is 4.26. The number of ether oxygens (including phenoxy) is 1.